The van der Waals surface area contributed by atoms with Gasteiger partial charge in [0.25, 0.3) is 0 Å². The smallest absolute Gasteiger partial charge is 0.230 e. The summed E-state index contributed by atoms with van der Waals surface area (Å²) in [5.41, 5.74) is 2.96. The molecule has 1 heterocycles. The van der Waals surface area contributed by atoms with Crippen molar-refractivity contribution in [1.29, 1.82) is 0 Å². The molecule has 0 aromatic heterocycles. The number of amides is 1. The fourth-order valence-electron chi connectivity index (χ4n) is 4.56. The number of carbonyl (C=O) groups is 1. The van der Waals surface area contributed by atoms with Gasteiger partial charge in [0, 0.05) is 26.2 Å². The summed E-state index contributed by atoms with van der Waals surface area (Å²) in [7, 11) is 0. The van der Waals surface area contributed by atoms with Crippen LogP contribution >= 0.6 is 0 Å². The molecule has 4 rings (SSSR count). The number of halogens is 2. The van der Waals surface area contributed by atoms with Crippen LogP contribution in [0.4, 0.5) is 8.78 Å². The van der Waals surface area contributed by atoms with Crippen molar-refractivity contribution in [3.05, 3.63) is 107 Å². The minimum atomic E-state index is -0.284. The largest absolute Gasteiger partial charge is 0.340 e. The molecule has 1 saturated heterocycles. The molecule has 0 unspecified atom stereocenters. The first-order valence-electron chi connectivity index (χ1n) is 11.2. The Morgan fingerprint density at radius 1 is 0.750 bits per heavy atom. The lowest BCUT2D eigenvalue weighted by atomic mass is 9.94. The van der Waals surface area contributed by atoms with Crippen LogP contribution in [0.3, 0.4) is 0 Å². The van der Waals surface area contributed by atoms with Gasteiger partial charge in [0.1, 0.15) is 11.6 Å². The first-order valence-corrected chi connectivity index (χ1v) is 11.2. The van der Waals surface area contributed by atoms with E-state index in [-0.39, 0.29) is 29.5 Å². The summed E-state index contributed by atoms with van der Waals surface area (Å²) in [5.74, 6) is -0.534. The fraction of sp³-hybridized carbons (Fsp3) is 0.296. The molecule has 5 heteroatoms. The van der Waals surface area contributed by atoms with Crippen molar-refractivity contribution in [2.45, 2.75) is 25.3 Å². The Kier molecular flexibility index (Phi) is 6.96. The second kappa shape index (κ2) is 10.0. The first-order chi connectivity index (χ1) is 15.6. The second-order valence-electron chi connectivity index (χ2n) is 8.24. The summed E-state index contributed by atoms with van der Waals surface area (Å²) >= 11 is 0. The molecule has 1 atom stereocenters. The quantitative estimate of drug-likeness (QED) is 0.519. The van der Waals surface area contributed by atoms with Crippen molar-refractivity contribution in [2.24, 2.45) is 0 Å². The van der Waals surface area contributed by atoms with E-state index in [4.69, 9.17) is 0 Å². The molecule has 1 aliphatic rings. The maximum Gasteiger partial charge on any atom is 0.230 e. The summed E-state index contributed by atoms with van der Waals surface area (Å²) in [5, 5.41) is 0. The normalized spacial score (nSPS) is 15.7. The van der Waals surface area contributed by atoms with E-state index >= 15 is 0 Å². The molecule has 0 radical (unpaired) electrons. The summed E-state index contributed by atoms with van der Waals surface area (Å²) in [6.45, 7) is 4.68. The molecule has 1 aliphatic heterocycles. The molecular weight excluding hydrogens is 406 g/mol. The Morgan fingerprint density at radius 3 is 1.72 bits per heavy atom. The average molecular weight is 435 g/mol. The van der Waals surface area contributed by atoms with Gasteiger partial charge in [0.05, 0.1) is 12.0 Å². The molecule has 3 aromatic carbocycles. The number of hydrogen-bond acceptors (Lipinski definition) is 2. The van der Waals surface area contributed by atoms with Crippen LogP contribution in [-0.2, 0) is 4.79 Å². The maximum absolute atomic E-state index is 13.5. The Bertz CT molecular complexity index is 968. The molecule has 3 nitrogen and oxygen atoms in total. The molecule has 1 fully saturated rings. The zero-order valence-electron chi connectivity index (χ0n) is 18.3. The van der Waals surface area contributed by atoms with Crippen molar-refractivity contribution in [1.82, 2.24) is 9.80 Å². The van der Waals surface area contributed by atoms with E-state index in [2.05, 4.69) is 4.90 Å². The summed E-state index contributed by atoms with van der Waals surface area (Å²) in [4.78, 5) is 17.5. The third-order valence-corrected chi connectivity index (χ3v) is 6.27. The number of benzene rings is 3. The lowest BCUT2D eigenvalue weighted by molar-refractivity contribution is -0.134. The van der Waals surface area contributed by atoms with Crippen LogP contribution in [0.15, 0.2) is 78.9 Å². The number of piperazine rings is 1. The van der Waals surface area contributed by atoms with Crippen LogP contribution in [0.5, 0.6) is 0 Å². The minimum absolute atomic E-state index is 0.121. The van der Waals surface area contributed by atoms with Crippen molar-refractivity contribution < 1.29 is 13.6 Å². The lowest BCUT2D eigenvalue weighted by Gasteiger charge is -2.40. The number of nitrogens with zero attached hydrogens (tertiary/aromatic N) is 2. The number of rotatable bonds is 6. The molecule has 0 bridgehead atoms. The van der Waals surface area contributed by atoms with Gasteiger partial charge in [-0.1, -0.05) is 61.5 Å². The van der Waals surface area contributed by atoms with Gasteiger partial charge in [-0.3, -0.25) is 9.69 Å². The monoisotopic (exact) mass is 434 g/mol. The molecule has 0 N–H and O–H groups in total. The third kappa shape index (κ3) is 4.89. The molecule has 1 amide bonds. The van der Waals surface area contributed by atoms with E-state index < -0.39 is 0 Å². The second-order valence-corrected chi connectivity index (χ2v) is 8.24. The van der Waals surface area contributed by atoms with Gasteiger partial charge in [0.15, 0.2) is 0 Å². The van der Waals surface area contributed by atoms with Crippen molar-refractivity contribution in [2.75, 3.05) is 26.2 Å². The van der Waals surface area contributed by atoms with Crippen LogP contribution < -0.4 is 0 Å². The Hall–Kier alpha value is -3.05. The highest BCUT2D eigenvalue weighted by Crippen LogP contribution is 2.31. The van der Waals surface area contributed by atoms with Crippen LogP contribution in [0.25, 0.3) is 0 Å². The van der Waals surface area contributed by atoms with E-state index in [1.165, 1.54) is 24.3 Å². The van der Waals surface area contributed by atoms with Gasteiger partial charge < -0.3 is 4.90 Å². The molecule has 32 heavy (non-hydrogen) atoms. The molecule has 166 valence electrons. The zero-order valence-corrected chi connectivity index (χ0v) is 18.3. The molecule has 0 spiro atoms. The van der Waals surface area contributed by atoms with Gasteiger partial charge >= 0.3 is 0 Å². The van der Waals surface area contributed by atoms with Crippen molar-refractivity contribution >= 4 is 5.91 Å². The SMILES string of the molecule is CC[C@@H](C(=O)N1CCN(C(c2ccc(F)cc2)c2ccc(F)cc2)CC1)c1ccccc1. The fourth-order valence-corrected chi connectivity index (χ4v) is 4.56. The summed E-state index contributed by atoms with van der Waals surface area (Å²) in [6.07, 6.45) is 0.761. The lowest BCUT2D eigenvalue weighted by Crippen LogP contribution is -2.51. The number of carbonyl (C=O) groups excluding carboxylic acids is 1. The van der Waals surface area contributed by atoms with Gasteiger partial charge in [0.2, 0.25) is 5.91 Å². The van der Waals surface area contributed by atoms with Gasteiger partial charge in [-0.05, 0) is 47.4 Å². The summed E-state index contributed by atoms with van der Waals surface area (Å²) in [6, 6.07) is 22.8. The molecule has 0 saturated carbocycles. The predicted octanol–water partition coefficient (Wildman–Crippen LogP) is 5.39. The Morgan fingerprint density at radius 2 is 1.25 bits per heavy atom. The van der Waals surface area contributed by atoms with E-state index in [0.717, 1.165) is 23.1 Å². The minimum Gasteiger partial charge on any atom is -0.340 e. The average Bonchev–Trinajstić information content (AvgIpc) is 2.83. The molecule has 3 aromatic rings. The van der Waals surface area contributed by atoms with E-state index in [1.807, 2.05) is 42.2 Å². The van der Waals surface area contributed by atoms with Gasteiger partial charge in [-0.15, -0.1) is 0 Å². The van der Waals surface area contributed by atoms with Crippen LogP contribution in [0, 0.1) is 11.6 Å². The third-order valence-electron chi connectivity index (χ3n) is 6.27. The highest BCUT2D eigenvalue weighted by molar-refractivity contribution is 5.83. The summed E-state index contributed by atoms with van der Waals surface area (Å²) < 4.78 is 27.1. The Labute approximate surface area is 188 Å². The predicted molar refractivity (Wildman–Crippen MR) is 122 cm³/mol. The van der Waals surface area contributed by atoms with Crippen LogP contribution in [0.1, 0.15) is 42.0 Å². The number of hydrogen-bond donors (Lipinski definition) is 0. The zero-order chi connectivity index (χ0) is 22.5. The van der Waals surface area contributed by atoms with Crippen LogP contribution in [-0.4, -0.2) is 41.9 Å². The Balaban J connectivity index is 1.51. The van der Waals surface area contributed by atoms with Gasteiger partial charge in [-0.25, -0.2) is 8.78 Å². The van der Waals surface area contributed by atoms with E-state index in [9.17, 15) is 13.6 Å². The highest BCUT2D eigenvalue weighted by atomic mass is 19.1. The van der Waals surface area contributed by atoms with E-state index in [0.29, 0.717) is 26.2 Å². The molecule has 0 aliphatic carbocycles. The van der Waals surface area contributed by atoms with E-state index in [1.54, 1.807) is 24.3 Å². The van der Waals surface area contributed by atoms with Gasteiger partial charge in [-0.2, -0.15) is 0 Å². The highest BCUT2D eigenvalue weighted by Gasteiger charge is 2.31. The van der Waals surface area contributed by atoms with Crippen molar-refractivity contribution in [3.63, 3.8) is 0 Å². The standard InChI is InChI=1S/C27H28F2N2O/c1-2-25(20-6-4-3-5-7-20)27(32)31-18-16-30(17-19-31)26(21-8-12-23(28)13-9-21)22-10-14-24(29)15-11-22/h3-15,25-26H,2,16-19H2,1H3/t25-/m1/s1. The topological polar surface area (TPSA) is 23.6 Å². The van der Waals surface area contributed by atoms with Crippen molar-refractivity contribution in [3.8, 4) is 0 Å². The molecular formula is C27H28F2N2O. The van der Waals surface area contributed by atoms with Crippen LogP contribution in [0.2, 0.25) is 0 Å². The maximum atomic E-state index is 13.5. The first kappa shape index (κ1) is 22.2.